The van der Waals surface area contributed by atoms with Crippen LogP contribution in [0.5, 0.6) is 0 Å². The second-order valence-corrected chi connectivity index (χ2v) is 13.5. The highest BCUT2D eigenvalue weighted by atomic mass is 127. The molecule has 37 heavy (non-hydrogen) atoms. The lowest BCUT2D eigenvalue weighted by Crippen LogP contribution is -3.00. The van der Waals surface area contributed by atoms with Gasteiger partial charge in [-0.15, -0.1) is 0 Å². The molecule has 4 fully saturated rings. The highest BCUT2D eigenvalue weighted by Crippen LogP contribution is 2.58. The lowest BCUT2D eigenvalue weighted by atomic mass is 9.80. The van der Waals surface area contributed by atoms with Crippen LogP contribution in [-0.4, -0.2) is 83.5 Å². The van der Waals surface area contributed by atoms with Crippen LogP contribution in [0.25, 0.3) is 0 Å². The number of carbonyl (C=O) groups excluding carboxylic acids is 2. The van der Waals surface area contributed by atoms with Crippen LogP contribution in [0, 0.1) is 0 Å². The number of halogens is 3. The van der Waals surface area contributed by atoms with Crippen molar-refractivity contribution in [3.8, 4) is 0 Å². The molecule has 0 aromatic heterocycles. The van der Waals surface area contributed by atoms with Gasteiger partial charge in [0.2, 0.25) is 0 Å². The van der Waals surface area contributed by atoms with Crippen molar-refractivity contribution in [3.05, 3.63) is 45.1 Å². The Morgan fingerprint density at radius 1 is 0.838 bits per heavy atom. The minimum atomic E-state index is -0.289. The summed E-state index contributed by atoms with van der Waals surface area (Å²) in [7, 11) is 4.71. The lowest BCUT2D eigenvalue weighted by Gasteiger charge is -2.44. The van der Waals surface area contributed by atoms with Crippen LogP contribution in [0.3, 0.4) is 0 Å². The van der Waals surface area contributed by atoms with Gasteiger partial charge in [0, 0.05) is 39.7 Å². The molecule has 4 saturated heterocycles. The Hall–Kier alpha value is 0.0100. The van der Waals surface area contributed by atoms with Crippen molar-refractivity contribution in [2.24, 2.45) is 0 Å². The van der Waals surface area contributed by atoms with E-state index in [9.17, 15) is 9.59 Å². The first kappa shape index (κ1) is 28.5. The molecule has 6 aliphatic heterocycles. The summed E-state index contributed by atoms with van der Waals surface area (Å²) in [6.07, 6.45) is 19.8. The molecule has 4 bridgehead atoms. The zero-order valence-electron chi connectivity index (χ0n) is 21.4. The number of hydrogen-bond acceptors (Lipinski definition) is 4. The number of likely N-dealkylation sites (N-methyl/N-ethyl adjacent to an activating group) is 2. The van der Waals surface area contributed by atoms with Crippen LogP contribution < -0.4 is 48.0 Å². The molecular weight excluding hydrogens is 809 g/mol. The molecule has 0 radical (unpaired) electrons. The Morgan fingerprint density at radius 3 is 2.11 bits per heavy atom. The van der Waals surface area contributed by atoms with Crippen LogP contribution in [0.1, 0.15) is 51.4 Å². The average Bonchev–Trinajstić information content (AvgIpc) is 3.47. The van der Waals surface area contributed by atoms with Crippen molar-refractivity contribution >= 4 is 34.5 Å². The van der Waals surface area contributed by atoms with Crippen LogP contribution in [0.2, 0.25) is 0 Å². The molecule has 6 nitrogen and oxygen atoms in total. The van der Waals surface area contributed by atoms with Gasteiger partial charge >= 0.3 is 11.9 Å². The summed E-state index contributed by atoms with van der Waals surface area (Å²) in [4.78, 5) is 23.4. The number of hydrogen-bond donors (Lipinski definition) is 0. The molecule has 0 amide bonds. The first-order chi connectivity index (χ1) is 16.7. The lowest BCUT2D eigenvalue weighted by molar-refractivity contribution is -0.944. The fourth-order valence-corrected chi connectivity index (χ4v) is 10.3. The summed E-state index contributed by atoms with van der Waals surface area (Å²) < 4.78 is 15.0. The van der Waals surface area contributed by atoms with E-state index in [-0.39, 0.29) is 71.1 Å². The number of ether oxygens (including phenoxy) is 2. The number of nitrogens with zero attached hydrogens (tertiary/aromatic N) is 2. The SMILES string of the molecule is C[N+]12CCCC[C@@H]1[C@]13C[C@H]2C=C(I)C1=CC(=O)O3.C[N+]12CCCC[C@@H]1[C@]13C[C@H]2C=CC1=CC(=O)O3.[I-].[I-]. The topological polar surface area (TPSA) is 52.6 Å². The number of esters is 2. The van der Waals surface area contributed by atoms with E-state index in [1.807, 2.05) is 0 Å². The van der Waals surface area contributed by atoms with Gasteiger partial charge in [-0.1, -0.05) is 6.08 Å². The molecule has 9 heteroatoms. The molecule has 2 unspecified atom stereocenters. The van der Waals surface area contributed by atoms with E-state index in [0.717, 1.165) is 33.0 Å². The molecule has 6 heterocycles. The van der Waals surface area contributed by atoms with Crippen molar-refractivity contribution in [1.29, 1.82) is 0 Å². The van der Waals surface area contributed by atoms with Crippen LogP contribution in [0.15, 0.2) is 45.1 Å². The quantitative estimate of drug-likeness (QED) is 0.159. The van der Waals surface area contributed by atoms with E-state index in [4.69, 9.17) is 9.47 Å². The van der Waals surface area contributed by atoms with Gasteiger partial charge in [-0.2, -0.15) is 0 Å². The summed E-state index contributed by atoms with van der Waals surface area (Å²) in [6, 6.07) is 2.03. The van der Waals surface area contributed by atoms with Gasteiger partial charge in [-0.05, 0) is 60.4 Å². The first-order valence-corrected chi connectivity index (χ1v) is 14.5. The third-order valence-electron chi connectivity index (χ3n) is 10.9. The summed E-state index contributed by atoms with van der Waals surface area (Å²) >= 11 is 2.38. The minimum absolute atomic E-state index is 0. The molecular formula is C28H35I3N2O4. The van der Waals surface area contributed by atoms with Crippen molar-refractivity contribution in [3.63, 3.8) is 0 Å². The van der Waals surface area contributed by atoms with Gasteiger partial charge < -0.3 is 66.4 Å². The molecule has 0 aromatic carbocycles. The molecule has 8 atom stereocenters. The van der Waals surface area contributed by atoms with Crippen molar-refractivity contribution < 1.29 is 76.0 Å². The molecule has 8 rings (SSSR count). The number of fused-ring (bicyclic) bond motifs is 6. The Balaban J connectivity index is 0.000000144. The standard InChI is InChI=1S/C14H17INO2.C14H18NO2.2HI/c1-16-5-3-2-4-12(16)14-8-9(16)6-11(15)10(14)7-13(17)18-14;1-15-7-3-2-4-12(15)14-9-11(15)6-5-10(14)8-13(16)17-14;;/h6-7,9,12H,2-5,8H2,1H3;5-6,8,11-12H,2-4,7,9H2,1H3;2*1H/q2*+1;;/p-2/t9-,12-,14+,16?;11-,12-,14+,15?;;/m11../s1. The summed E-state index contributed by atoms with van der Waals surface area (Å²) in [5.41, 5.74) is 1.74. The van der Waals surface area contributed by atoms with Gasteiger partial charge in [-0.3, -0.25) is 0 Å². The predicted octanol–water partition coefficient (Wildman–Crippen LogP) is -2.13. The van der Waals surface area contributed by atoms with E-state index in [1.165, 1.54) is 55.2 Å². The molecule has 0 aromatic rings. The second kappa shape index (κ2) is 9.54. The smallest absolute Gasteiger partial charge is 0.332 e. The van der Waals surface area contributed by atoms with E-state index < -0.39 is 0 Å². The Labute approximate surface area is 267 Å². The fourth-order valence-electron chi connectivity index (χ4n) is 9.27. The van der Waals surface area contributed by atoms with Crippen LogP contribution in [0.4, 0.5) is 0 Å². The Morgan fingerprint density at radius 2 is 1.41 bits per heavy atom. The molecule has 2 aliphatic carbocycles. The Kier molecular flexibility index (Phi) is 7.36. The third-order valence-corrected chi connectivity index (χ3v) is 11.9. The maximum atomic E-state index is 11.8. The van der Waals surface area contributed by atoms with Crippen LogP contribution in [-0.2, 0) is 19.1 Å². The zero-order valence-corrected chi connectivity index (χ0v) is 27.9. The van der Waals surface area contributed by atoms with Gasteiger partial charge in [0.05, 0.1) is 40.0 Å². The van der Waals surface area contributed by atoms with Gasteiger partial charge in [-0.25, -0.2) is 9.59 Å². The minimum Gasteiger partial charge on any atom is -1.00 e. The molecule has 202 valence electrons. The number of piperidine rings is 2. The number of rotatable bonds is 0. The Bertz CT molecular complexity index is 1170. The molecule has 0 saturated carbocycles. The van der Waals surface area contributed by atoms with Crippen molar-refractivity contribution in [1.82, 2.24) is 0 Å². The first-order valence-electron chi connectivity index (χ1n) is 13.4. The highest BCUT2D eigenvalue weighted by Gasteiger charge is 2.69. The normalized spacial score (nSPS) is 47.2. The molecule has 0 N–H and O–H groups in total. The number of quaternary nitrogens is 2. The summed E-state index contributed by atoms with van der Waals surface area (Å²) in [5.74, 6) is -0.267. The maximum Gasteiger partial charge on any atom is 0.332 e. The van der Waals surface area contributed by atoms with Crippen LogP contribution >= 0.6 is 22.6 Å². The predicted molar refractivity (Wildman–Crippen MR) is 139 cm³/mol. The van der Waals surface area contributed by atoms with E-state index in [2.05, 4.69) is 54.9 Å². The van der Waals surface area contributed by atoms with Gasteiger partial charge in [0.1, 0.15) is 24.2 Å². The monoisotopic (exact) mass is 844 g/mol. The largest absolute Gasteiger partial charge is 1.00 e. The van der Waals surface area contributed by atoms with E-state index in [0.29, 0.717) is 24.2 Å². The number of carbonyl (C=O) groups is 2. The van der Waals surface area contributed by atoms with E-state index >= 15 is 0 Å². The third kappa shape index (κ3) is 3.78. The second-order valence-electron chi connectivity index (χ2n) is 12.4. The van der Waals surface area contributed by atoms with E-state index in [1.54, 1.807) is 12.2 Å². The molecule has 8 aliphatic rings. The highest BCUT2D eigenvalue weighted by molar-refractivity contribution is 14.1. The molecule has 2 spiro atoms. The summed E-state index contributed by atoms with van der Waals surface area (Å²) in [6.45, 7) is 2.45. The van der Waals surface area contributed by atoms with Gasteiger partial charge in [0.25, 0.3) is 0 Å². The van der Waals surface area contributed by atoms with Crippen molar-refractivity contribution in [2.45, 2.75) is 86.7 Å². The average molecular weight is 844 g/mol. The maximum absolute atomic E-state index is 11.8. The zero-order chi connectivity index (χ0) is 24.2. The van der Waals surface area contributed by atoms with Gasteiger partial charge in [0.15, 0.2) is 11.2 Å². The fraction of sp³-hybridized carbons (Fsp3) is 0.643. The van der Waals surface area contributed by atoms with Crippen molar-refractivity contribution in [2.75, 3.05) is 27.2 Å². The summed E-state index contributed by atoms with van der Waals surface area (Å²) in [5, 5.41) is 0.